The zero-order valence-corrected chi connectivity index (χ0v) is 11.8. The first-order valence-electron chi connectivity index (χ1n) is 6.36. The minimum absolute atomic E-state index is 0.151. The average molecular weight is 272 g/mol. The molecule has 2 nitrogen and oxygen atoms in total. The molecular formula is C14H19ClFNO. The van der Waals surface area contributed by atoms with E-state index in [1.807, 2.05) is 0 Å². The maximum absolute atomic E-state index is 14.0. The molecule has 0 radical (unpaired) electrons. The summed E-state index contributed by atoms with van der Waals surface area (Å²) >= 11 is 5.98. The molecule has 0 fully saturated rings. The van der Waals surface area contributed by atoms with Crippen molar-refractivity contribution < 1.29 is 9.13 Å². The molecule has 100 valence electrons. The Morgan fingerprint density at radius 1 is 1.39 bits per heavy atom. The normalized spacial score (nSPS) is 17.0. The molecule has 1 aromatic rings. The molecule has 0 amide bonds. The van der Waals surface area contributed by atoms with Crippen molar-refractivity contribution in [3.8, 4) is 5.75 Å². The molecule has 0 saturated carbocycles. The fourth-order valence-corrected chi connectivity index (χ4v) is 2.40. The molecule has 4 heteroatoms. The van der Waals surface area contributed by atoms with Crippen LogP contribution in [0.4, 0.5) is 4.39 Å². The molecule has 1 N–H and O–H groups in total. The first kappa shape index (κ1) is 13.6. The van der Waals surface area contributed by atoms with Crippen molar-refractivity contribution in [3.63, 3.8) is 0 Å². The van der Waals surface area contributed by atoms with E-state index >= 15 is 0 Å². The third-order valence-electron chi connectivity index (χ3n) is 3.63. The third kappa shape index (κ3) is 2.47. The topological polar surface area (TPSA) is 21.3 Å². The molecular weight excluding hydrogens is 253 g/mol. The van der Waals surface area contributed by atoms with Gasteiger partial charge in [-0.2, -0.15) is 0 Å². The lowest BCUT2D eigenvalue weighted by Crippen LogP contribution is -2.17. The molecule has 0 bridgehead atoms. The molecule has 1 aliphatic heterocycles. The summed E-state index contributed by atoms with van der Waals surface area (Å²) in [6.45, 7) is 8.27. The van der Waals surface area contributed by atoms with E-state index in [9.17, 15) is 4.39 Å². The SMILES string of the molecule is CC(C)C(C)c1cc(Cl)c(F)c2c1CNCCO2. The zero-order chi connectivity index (χ0) is 13.3. The summed E-state index contributed by atoms with van der Waals surface area (Å²) in [6.07, 6.45) is 0. The quantitative estimate of drug-likeness (QED) is 0.885. The van der Waals surface area contributed by atoms with Crippen LogP contribution >= 0.6 is 11.6 Å². The number of rotatable bonds is 2. The second-order valence-electron chi connectivity index (χ2n) is 5.13. The highest BCUT2D eigenvalue weighted by Crippen LogP contribution is 2.38. The molecule has 1 aliphatic rings. The highest BCUT2D eigenvalue weighted by molar-refractivity contribution is 6.31. The van der Waals surface area contributed by atoms with Crippen LogP contribution in [0.5, 0.6) is 5.75 Å². The number of hydrogen-bond donors (Lipinski definition) is 1. The van der Waals surface area contributed by atoms with E-state index in [1.54, 1.807) is 6.07 Å². The van der Waals surface area contributed by atoms with Crippen LogP contribution in [0.15, 0.2) is 6.07 Å². The van der Waals surface area contributed by atoms with E-state index in [1.165, 1.54) is 0 Å². The molecule has 0 aromatic heterocycles. The smallest absolute Gasteiger partial charge is 0.183 e. The third-order valence-corrected chi connectivity index (χ3v) is 3.91. The Hall–Kier alpha value is -0.800. The van der Waals surface area contributed by atoms with Gasteiger partial charge in [0, 0.05) is 18.7 Å². The molecule has 1 atom stereocenters. The second-order valence-corrected chi connectivity index (χ2v) is 5.53. The van der Waals surface area contributed by atoms with Gasteiger partial charge in [-0.1, -0.05) is 32.4 Å². The van der Waals surface area contributed by atoms with E-state index in [-0.39, 0.29) is 5.02 Å². The number of halogens is 2. The van der Waals surface area contributed by atoms with Crippen LogP contribution in [0.3, 0.4) is 0 Å². The monoisotopic (exact) mass is 271 g/mol. The van der Waals surface area contributed by atoms with Gasteiger partial charge in [0.15, 0.2) is 11.6 Å². The molecule has 0 aliphatic carbocycles. The highest BCUT2D eigenvalue weighted by Gasteiger charge is 2.24. The van der Waals surface area contributed by atoms with E-state index < -0.39 is 5.82 Å². The Morgan fingerprint density at radius 2 is 2.11 bits per heavy atom. The molecule has 0 saturated heterocycles. The maximum Gasteiger partial charge on any atom is 0.183 e. The average Bonchev–Trinajstić information content (AvgIpc) is 2.58. The van der Waals surface area contributed by atoms with Crippen LogP contribution in [0, 0.1) is 11.7 Å². The summed E-state index contributed by atoms with van der Waals surface area (Å²) in [5, 5.41) is 3.40. The van der Waals surface area contributed by atoms with Crippen molar-refractivity contribution in [1.82, 2.24) is 5.32 Å². The van der Waals surface area contributed by atoms with E-state index in [4.69, 9.17) is 16.3 Å². The Kier molecular flexibility index (Phi) is 4.13. The Bertz CT molecular complexity index is 448. The zero-order valence-electron chi connectivity index (χ0n) is 11.0. The van der Waals surface area contributed by atoms with E-state index in [0.717, 1.165) is 17.7 Å². The summed E-state index contributed by atoms with van der Waals surface area (Å²) in [7, 11) is 0. The molecule has 1 aromatic carbocycles. The van der Waals surface area contributed by atoms with E-state index in [0.29, 0.717) is 30.7 Å². The number of hydrogen-bond acceptors (Lipinski definition) is 2. The van der Waals surface area contributed by atoms with Gasteiger partial charge >= 0.3 is 0 Å². The highest BCUT2D eigenvalue weighted by atomic mass is 35.5. The van der Waals surface area contributed by atoms with Gasteiger partial charge in [0.2, 0.25) is 0 Å². The Labute approximate surface area is 112 Å². The van der Waals surface area contributed by atoms with Gasteiger partial charge in [0.1, 0.15) is 6.61 Å². The van der Waals surface area contributed by atoms with Crippen molar-refractivity contribution in [2.45, 2.75) is 33.2 Å². The first-order valence-corrected chi connectivity index (χ1v) is 6.74. The van der Waals surface area contributed by atoms with Crippen LogP contribution in [0.25, 0.3) is 0 Å². The predicted octanol–water partition coefficient (Wildman–Crippen LogP) is 3.72. The van der Waals surface area contributed by atoms with Crippen LogP contribution < -0.4 is 10.1 Å². The molecule has 1 unspecified atom stereocenters. The lowest BCUT2D eigenvalue weighted by atomic mass is 9.86. The van der Waals surface area contributed by atoms with Crippen molar-refractivity contribution in [1.29, 1.82) is 0 Å². The van der Waals surface area contributed by atoms with Gasteiger partial charge in [0.05, 0.1) is 5.02 Å². The molecule has 18 heavy (non-hydrogen) atoms. The van der Waals surface area contributed by atoms with Gasteiger partial charge in [-0.3, -0.25) is 0 Å². The van der Waals surface area contributed by atoms with Gasteiger partial charge in [-0.15, -0.1) is 0 Å². The summed E-state index contributed by atoms with van der Waals surface area (Å²) in [6, 6.07) is 1.75. The summed E-state index contributed by atoms with van der Waals surface area (Å²) in [5.74, 6) is 0.685. The Balaban J connectivity index is 2.56. The predicted molar refractivity (Wildman–Crippen MR) is 71.9 cm³/mol. The lowest BCUT2D eigenvalue weighted by molar-refractivity contribution is 0.309. The van der Waals surface area contributed by atoms with Gasteiger partial charge in [0.25, 0.3) is 0 Å². The van der Waals surface area contributed by atoms with Gasteiger partial charge in [-0.25, -0.2) is 4.39 Å². The van der Waals surface area contributed by atoms with Crippen LogP contribution in [-0.2, 0) is 6.54 Å². The van der Waals surface area contributed by atoms with Crippen LogP contribution in [0.1, 0.15) is 37.8 Å². The van der Waals surface area contributed by atoms with Gasteiger partial charge in [-0.05, 0) is 23.5 Å². The molecule has 2 rings (SSSR count). The second kappa shape index (κ2) is 5.45. The fraction of sp³-hybridized carbons (Fsp3) is 0.571. The number of fused-ring (bicyclic) bond motifs is 1. The lowest BCUT2D eigenvalue weighted by Gasteiger charge is -2.22. The summed E-state index contributed by atoms with van der Waals surface area (Å²) < 4.78 is 19.5. The van der Waals surface area contributed by atoms with Gasteiger partial charge < -0.3 is 10.1 Å². The van der Waals surface area contributed by atoms with Crippen LogP contribution in [-0.4, -0.2) is 13.2 Å². The largest absolute Gasteiger partial charge is 0.489 e. The van der Waals surface area contributed by atoms with Crippen molar-refractivity contribution in [3.05, 3.63) is 28.0 Å². The minimum Gasteiger partial charge on any atom is -0.489 e. The van der Waals surface area contributed by atoms with Crippen molar-refractivity contribution in [2.24, 2.45) is 5.92 Å². The first-order chi connectivity index (χ1) is 8.52. The Morgan fingerprint density at radius 3 is 2.78 bits per heavy atom. The minimum atomic E-state index is -0.435. The molecule has 1 heterocycles. The standard InChI is InChI=1S/C14H19ClFNO/c1-8(2)9(3)10-6-12(15)13(16)14-11(10)7-17-4-5-18-14/h6,8-9,17H,4-5,7H2,1-3H3. The van der Waals surface area contributed by atoms with Crippen LogP contribution in [0.2, 0.25) is 5.02 Å². The number of benzene rings is 1. The number of nitrogens with one attached hydrogen (secondary N) is 1. The van der Waals surface area contributed by atoms with E-state index in [2.05, 4.69) is 26.1 Å². The van der Waals surface area contributed by atoms with Crippen molar-refractivity contribution in [2.75, 3.05) is 13.2 Å². The summed E-state index contributed by atoms with van der Waals surface area (Å²) in [4.78, 5) is 0. The van der Waals surface area contributed by atoms with Crippen molar-refractivity contribution >= 4 is 11.6 Å². The number of ether oxygens (including phenoxy) is 1. The fourth-order valence-electron chi connectivity index (χ4n) is 2.20. The summed E-state index contributed by atoms with van der Waals surface area (Å²) in [5.41, 5.74) is 2.00. The maximum atomic E-state index is 14.0. The molecule has 0 spiro atoms.